The average molecular weight is 266 g/mol. The standard InChI is InChI=1S/C18H22N2/c1-3-16-13(2)18(19-14-9-5-4-6-10-14)15-11-7-8-12-17(15)20-16/h4-13,16,18-20H,3H2,1-2H3/t13-,16?,18?/m1/s1. The van der Waals surface area contributed by atoms with Crippen LogP contribution in [0.1, 0.15) is 31.9 Å². The smallest absolute Gasteiger partial charge is 0.0579 e. The van der Waals surface area contributed by atoms with Gasteiger partial charge in [0.15, 0.2) is 0 Å². The summed E-state index contributed by atoms with van der Waals surface area (Å²) < 4.78 is 0. The molecule has 0 saturated carbocycles. The van der Waals surface area contributed by atoms with Crippen molar-refractivity contribution < 1.29 is 0 Å². The highest BCUT2D eigenvalue weighted by Gasteiger charge is 2.32. The van der Waals surface area contributed by atoms with E-state index in [0.29, 0.717) is 18.0 Å². The topological polar surface area (TPSA) is 24.1 Å². The Balaban J connectivity index is 1.95. The number of benzene rings is 2. The number of fused-ring (bicyclic) bond motifs is 1. The number of nitrogens with one attached hydrogen (secondary N) is 2. The van der Waals surface area contributed by atoms with E-state index in [-0.39, 0.29) is 0 Å². The predicted molar refractivity (Wildman–Crippen MR) is 86.1 cm³/mol. The fraction of sp³-hybridized carbons (Fsp3) is 0.333. The van der Waals surface area contributed by atoms with Crippen LogP contribution in [0.4, 0.5) is 11.4 Å². The summed E-state index contributed by atoms with van der Waals surface area (Å²) in [5.41, 5.74) is 3.83. The Morgan fingerprint density at radius 2 is 1.70 bits per heavy atom. The summed E-state index contributed by atoms with van der Waals surface area (Å²) in [4.78, 5) is 0. The molecule has 2 N–H and O–H groups in total. The highest BCUT2D eigenvalue weighted by atomic mass is 15.0. The van der Waals surface area contributed by atoms with Crippen molar-refractivity contribution in [2.45, 2.75) is 32.4 Å². The maximum atomic E-state index is 3.71. The Bertz CT molecular complexity index is 565. The molecule has 1 aliphatic heterocycles. The molecule has 2 nitrogen and oxygen atoms in total. The number of hydrogen-bond donors (Lipinski definition) is 2. The molecular weight excluding hydrogens is 244 g/mol. The molecule has 104 valence electrons. The number of rotatable bonds is 3. The SMILES string of the molecule is CCC1Nc2ccccc2C(Nc2ccccc2)[C@@H]1C. The second-order valence-corrected chi connectivity index (χ2v) is 5.59. The molecule has 2 aromatic rings. The van der Waals surface area contributed by atoms with Crippen LogP contribution in [-0.2, 0) is 0 Å². The van der Waals surface area contributed by atoms with E-state index < -0.39 is 0 Å². The molecule has 0 fully saturated rings. The summed E-state index contributed by atoms with van der Waals surface area (Å²) in [7, 11) is 0. The van der Waals surface area contributed by atoms with Crippen LogP contribution in [0.25, 0.3) is 0 Å². The van der Waals surface area contributed by atoms with Gasteiger partial charge in [-0.25, -0.2) is 0 Å². The van der Waals surface area contributed by atoms with Crippen LogP contribution >= 0.6 is 0 Å². The molecule has 3 rings (SSSR count). The van der Waals surface area contributed by atoms with Crippen molar-refractivity contribution in [3.05, 3.63) is 60.2 Å². The summed E-state index contributed by atoms with van der Waals surface area (Å²) in [6, 6.07) is 20.0. The van der Waals surface area contributed by atoms with Gasteiger partial charge in [0.2, 0.25) is 0 Å². The lowest BCUT2D eigenvalue weighted by Gasteiger charge is -2.39. The van der Waals surface area contributed by atoms with Crippen molar-refractivity contribution >= 4 is 11.4 Å². The average Bonchev–Trinajstić information content (AvgIpc) is 2.51. The Labute approximate surface area is 121 Å². The fourth-order valence-corrected chi connectivity index (χ4v) is 3.14. The molecule has 3 atom stereocenters. The molecule has 2 unspecified atom stereocenters. The molecule has 0 amide bonds. The van der Waals surface area contributed by atoms with Gasteiger partial charge in [-0.15, -0.1) is 0 Å². The third-order valence-corrected chi connectivity index (χ3v) is 4.33. The van der Waals surface area contributed by atoms with E-state index in [0.717, 1.165) is 6.42 Å². The second kappa shape index (κ2) is 5.58. The van der Waals surface area contributed by atoms with Gasteiger partial charge in [-0.3, -0.25) is 0 Å². The van der Waals surface area contributed by atoms with Crippen molar-refractivity contribution in [3.63, 3.8) is 0 Å². The molecular formula is C18H22N2. The first-order chi connectivity index (χ1) is 9.79. The van der Waals surface area contributed by atoms with Crippen molar-refractivity contribution in [2.75, 3.05) is 10.6 Å². The molecule has 2 aromatic carbocycles. The molecule has 2 heteroatoms. The van der Waals surface area contributed by atoms with Crippen molar-refractivity contribution in [2.24, 2.45) is 5.92 Å². The first kappa shape index (κ1) is 13.0. The van der Waals surface area contributed by atoms with Crippen LogP contribution < -0.4 is 10.6 Å². The van der Waals surface area contributed by atoms with Gasteiger partial charge >= 0.3 is 0 Å². The van der Waals surface area contributed by atoms with Crippen LogP contribution in [0.3, 0.4) is 0 Å². The maximum Gasteiger partial charge on any atom is 0.0579 e. The van der Waals surface area contributed by atoms with E-state index in [9.17, 15) is 0 Å². The van der Waals surface area contributed by atoms with Gasteiger partial charge in [0.1, 0.15) is 0 Å². The van der Waals surface area contributed by atoms with E-state index in [1.807, 2.05) is 0 Å². The minimum atomic E-state index is 0.361. The fourth-order valence-electron chi connectivity index (χ4n) is 3.14. The zero-order valence-electron chi connectivity index (χ0n) is 12.1. The largest absolute Gasteiger partial charge is 0.382 e. The van der Waals surface area contributed by atoms with E-state index in [1.165, 1.54) is 16.9 Å². The van der Waals surface area contributed by atoms with E-state index >= 15 is 0 Å². The first-order valence-electron chi connectivity index (χ1n) is 7.46. The molecule has 0 aliphatic carbocycles. The van der Waals surface area contributed by atoms with E-state index in [4.69, 9.17) is 0 Å². The van der Waals surface area contributed by atoms with Gasteiger partial charge in [-0.1, -0.05) is 50.2 Å². The summed E-state index contributed by atoms with van der Waals surface area (Å²) in [5.74, 6) is 0.551. The van der Waals surface area contributed by atoms with E-state index in [1.54, 1.807) is 0 Å². The normalized spacial score (nSPS) is 24.6. The third kappa shape index (κ3) is 2.38. The first-order valence-corrected chi connectivity index (χ1v) is 7.46. The molecule has 0 radical (unpaired) electrons. The summed E-state index contributed by atoms with van der Waals surface area (Å²) >= 11 is 0. The zero-order chi connectivity index (χ0) is 13.9. The Hall–Kier alpha value is -1.96. The zero-order valence-corrected chi connectivity index (χ0v) is 12.1. The lowest BCUT2D eigenvalue weighted by atomic mass is 9.82. The van der Waals surface area contributed by atoms with Crippen LogP contribution in [0, 0.1) is 5.92 Å². The molecule has 0 aromatic heterocycles. The van der Waals surface area contributed by atoms with Crippen LogP contribution in [-0.4, -0.2) is 6.04 Å². The Morgan fingerprint density at radius 1 is 1.00 bits per heavy atom. The lowest BCUT2D eigenvalue weighted by Crippen LogP contribution is -2.38. The third-order valence-electron chi connectivity index (χ3n) is 4.33. The minimum Gasteiger partial charge on any atom is -0.382 e. The maximum absolute atomic E-state index is 3.71. The summed E-state index contributed by atoms with van der Waals surface area (Å²) in [6.07, 6.45) is 1.14. The molecule has 1 heterocycles. The van der Waals surface area contributed by atoms with Crippen molar-refractivity contribution in [1.29, 1.82) is 0 Å². The van der Waals surface area contributed by atoms with Gasteiger partial charge in [-0.05, 0) is 30.2 Å². The molecule has 0 saturated heterocycles. The molecule has 0 spiro atoms. The monoisotopic (exact) mass is 266 g/mol. The Kier molecular flexibility index (Phi) is 3.64. The highest BCUT2D eigenvalue weighted by molar-refractivity contribution is 5.59. The van der Waals surface area contributed by atoms with Gasteiger partial charge in [0.25, 0.3) is 0 Å². The Morgan fingerprint density at radius 3 is 2.45 bits per heavy atom. The van der Waals surface area contributed by atoms with Crippen LogP contribution in [0.5, 0.6) is 0 Å². The van der Waals surface area contributed by atoms with E-state index in [2.05, 4.69) is 79.1 Å². The van der Waals surface area contributed by atoms with Gasteiger partial charge in [0, 0.05) is 23.3 Å². The summed E-state index contributed by atoms with van der Waals surface area (Å²) in [6.45, 7) is 4.58. The number of anilines is 2. The summed E-state index contributed by atoms with van der Waals surface area (Å²) in [5, 5.41) is 7.38. The van der Waals surface area contributed by atoms with Gasteiger partial charge in [0.05, 0.1) is 6.04 Å². The molecule has 20 heavy (non-hydrogen) atoms. The second-order valence-electron chi connectivity index (χ2n) is 5.59. The number of para-hydroxylation sites is 2. The number of hydrogen-bond acceptors (Lipinski definition) is 2. The van der Waals surface area contributed by atoms with Gasteiger partial charge in [-0.2, -0.15) is 0 Å². The molecule has 0 bridgehead atoms. The predicted octanol–water partition coefficient (Wildman–Crippen LogP) is 4.68. The van der Waals surface area contributed by atoms with Crippen molar-refractivity contribution in [3.8, 4) is 0 Å². The van der Waals surface area contributed by atoms with Gasteiger partial charge < -0.3 is 10.6 Å². The quantitative estimate of drug-likeness (QED) is 0.843. The van der Waals surface area contributed by atoms with Crippen molar-refractivity contribution in [1.82, 2.24) is 0 Å². The highest BCUT2D eigenvalue weighted by Crippen LogP contribution is 2.39. The minimum absolute atomic E-state index is 0.361. The van der Waals surface area contributed by atoms with Crippen LogP contribution in [0.2, 0.25) is 0 Å². The van der Waals surface area contributed by atoms with Crippen LogP contribution in [0.15, 0.2) is 54.6 Å². The lowest BCUT2D eigenvalue weighted by molar-refractivity contribution is 0.400. The molecule has 1 aliphatic rings.